The number of primary amides is 1. The van der Waals surface area contributed by atoms with E-state index in [2.05, 4.69) is 0 Å². The number of carbonyl (C=O) groups is 2. The van der Waals surface area contributed by atoms with Crippen molar-refractivity contribution in [1.82, 2.24) is 5.32 Å². The summed E-state index contributed by atoms with van der Waals surface area (Å²) in [6.07, 6.45) is 0.202. The van der Waals surface area contributed by atoms with Gasteiger partial charge in [-0.2, -0.15) is 11.8 Å². The highest BCUT2D eigenvalue weighted by atomic mass is 32.2. The summed E-state index contributed by atoms with van der Waals surface area (Å²) in [7, 11) is 0. The van der Waals surface area contributed by atoms with E-state index in [-0.39, 0.29) is 17.5 Å². The standard InChI is InChI=1S/C12H15FN2O2S/c1-8(9-3-2-4-10(13)7-9)18-6-5-11(16)15-12(14)17/h2-4,7-8H,5-6H2,1H3,(H3,14,15,16,17). The maximum absolute atomic E-state index is 13.0. The smallest absolute Gasteiger partial charge is 0.318 e. The zero-order valence-electron chi connectivity index (χ0n) is 9.98. The highest BCUT2D eigenvalue weighted by Gasteiger charge is 2.09. The summed E-state index contributed by atoms with van der Waals surface area (Å²) in [6, 6.07) is 5.51. The van der Waals surface area contributed by atoms with Crippen molar-refractivity contribution in [2.24, 2.45) is 5.73 Å². The summed E-state index contributed by atoms with van der Waals surface area (Å²) in [5.74, 6) is -0.135. The van der Waals surface area contributed by atoms with Crippen LogP contribution in [0.2, 0.25) is 0 Å². The Morgan fingerprint density at radius 1 is 1.50 bits per heavy atom. The zero-order chi connectivity index (χ0) is 13.5. The third-order valence-electron chi connectivity index (χ3n) is 2.28. The Kier molecular flexibility index (Phi) is 5.64. The number of benzene rings is 1. The van der Waals surface area contributed by atoms with E-state index >= 15 is 0 Å². The number of urea groups is 1. The van der Waals surface area contributed by atoms with Gasteiger partial charge in [-0.1, -0.05) is 12.1 Å². The zero-order valence-corrected chi connectivity index (χ0v) is 10.8. The molecule has 0 radical (unpaired) electrons. The van der Waals surface area contributed by atoms with Crippen molar-refractivity contribution in [1.29, 1.82) is 0 Å². The van der Waals surface area contributed by atoms with E-state index in [1.165, 1.54) is 23.9 Å². The molecule has 0 saturated heterocycles. The molecule has 4 nitrogen and oxygen atoms in total. The minimum absolute atomic E-state index is 0.0853. The molecule has 0 aliphatic carbocycles. The second-order valence-corrected chi connectivity index (χ2v) is 5.18. The van der Waals surface area contributed by atoms with Crippen LogP contribution < -0.4 is 11.1 Å². The van der Waals surface area contributed by atoms with Gasteiger partial charge in [-0.3, -0.25) is 10.1 Å². The normalized spacial score (nSPS) is 11.9. The Morgan fingerprint density at radius 3 is 2.83 bits per heavy atom. The first kappa shape index (κ1) is 14.5. The maximum atomic E-state index is 13.0. The Hall–Kier alpha value is -1.56. The van der Waals surface area contributed by atoms with Crippen LogP contribution in [-0.4, -0.2) is 17.7 Å². The molecule has 3 amide bonds. The van der Waals surface area contributed by atoms with Gasteiger partial charge in [0.05, 0.1) is 0 Å². The molecule has 0 fully saturated rings. The summed E-state index contributed by atoms with van der Waals surface area (Å²) in [6.45, 7) is 1.94. The van der Waals surface area contributed by atoms with Crippen molar-refractivity contribution in [3.05, 3.63) is 35.6 Å². The van der Waals surface area contributed by atoms with Crippen molar-refractivity contribution < 1.29 is 14.0 Å². The Balaban J connectivity index is 2.35. The first-order chi connectivity index (χ1) is 8.49. The van der Waals surface area contributed by atoms with Gasteiger partial charge in [0.15, 0.2) is 0 Å². The molecule has 1 unspecified atom stereocenters. The van der Waals surface area contributed by atoms with Crippen LogP contribution in [0.25, 0.3) is 0 Å². The van der Waals surface area contributed by atoms with Crippen LogP contribution in [-0.2, 0) is 4.79 Å². The predicted molar refractivity (Wildman–Crippen MR) is 69.6 cm³/mol. The number of hydrogen-bond acceptors (Lipinski definition) is 3. The molecule has 0 aliphatic heterocycles. The van der Waals surface area contributed by atoms with E-state index in [0.29, 0.717) is 5.75 Å². The van der Waals surface area contributed by atoms with E-state index in [1.807, 2.05) is 18.3 Å². The second kappa shape index (κ2) is 7.00. The van der Waals surface area contributed by atoms with E-state index in [9.17, 15) is 14.0 Å². The highest BCUT2D eigenvalue weighted by Crippen LogP contribution is 2.28. The third-order valence-corrected chi connectivity index (χ3v) is 3.49. The molecule has 0 saturated carbocycles. The summed E-state index contributed by atoms with van der Waals surface area (Å²) in [4.78, 5) is 21.5. The van der Waals surface area contributed by atoms with Crippen molar-refractivity contribution in [3.8, 4) is 0 Å². The molecular formula is C12H15FN2O2S. The number of rotatable bonds is 5. The molecule has 3 N–H and O–H groups in total. The van der Waals surface area contributed by atoms with Gasteiger partial charge < -0.3 is 5.73 Å². The molecule has 6 heteroatoms. The average Bonchev–Trinajstić information content (AvgIpc) is 2.27. The number of amides is 3. The number of hydrogen-bond donors (Lipinski definition) is 2. The number of nitrogens with two attached hydrogens (primary N) is 1. The average molecular weight is 270 g/mol. The van der Waals surface area contributed by atoms with Gasteiger partial charge in [0.2, 0.25) is 5.91 Å². The van der Waals surface area contributed by atoms with E-state index in [0.717, 1.165) is 5.56 Å². The number of carbonyl (C=O) groups excluding carboxylic acids is 2. The Morgan fingerprint density at radius 2 is 2.22 bits per heavy atom. The van der Waals surface area contributed by atoms with Gasteiger partial charge in [-0.25, -0.2) is 9.18 Å². The molecule has 0 spiro atoms. The lowest BCUT2D eigenvalue weighted by Crippen LogP contribution is -2.35. The third kappa shape index (κ3) is 5.18. The number of thioether (sulfide) groups is 1. The molecule has 18 heavy (non-hydrogen) atoms. The fourth-order valence-electron chi connectivity index (χ4n) is 1.38. The van der Waals surface area contributed by atoms with Gasteiger partial charge in [-0.15, -0.1) is 0 Å². The van der Waals surface area contributed by atoms with Crippen LogP contribution in [0.15, 0.2) is 24.3 Å². The summed E-state index contributed by atoms with van der Waals surface area (Å²) in [5.41, 5.74) is 5.68. The summed E-state index contributed by atoms with van der Waals surface area (Å²) < 4.78 is 13.0. The number of nitrogens with one attached hydrogen (secondary N) is 1. The van der Waals surface area contributed by atoms with Crippen molar-refractivity contribution in [3.63, 3.8) is 0 Å². The number of imide groups is 1. The van der Waals surface area contributed by atoms with Crippen LogP contribution in [0.3, 0.4) is 0 Å². The van der Waals surface area contributed by atoms with Crippen LogP contribution in [0.5, 0.6) is 0 Å². The molecule has 1 atom stereocenters. The molecule has 0 aromatic heterocycles. The van der Waals surface area contributed by atoms with E-state index in [4.69, 9.17) is 5.73 Å². The first-order valence-electron chi connectivity index (χ1n) is 5.45. The molecule has 0 aliphatic rings. The summed E-state index contributed by atoms with van der Waals surface area (Å²) >= 11 is 1.51. The lowest BCUT2D eigenvalue weighted by molar-refractivity contribution is -0.119. The minimum Gasteiger partial charge on any atom is -0.351 e. The quantitative estimate of drug-likeness (QED) is 0.861. The molecule has 0 heterocycles. The lowest BCUT2D eigenvalue weighted by Gasteiger charge is -2.11. The molecule has 0 bridgehead atoms. The first-order valence-corrected chi connectivity index (χ1v) is 6.50. The van der Waals surface area contributed by atoms with Crippen molar-refractivity contribution in [2.75, 3.05) is 5.75 Å². The van der Waals surface area contributed by atoms with Gasteiger partial charge in [0.1, 0.15) is 5.82 Å². The molecule has 98 valence electrons. The van der Waals surface area contributed by atoms with Crippen LogP contribution >= 0.6 is 11.8 Å². The molecule has 1 aromatic carbocycles. The SMILES string of the molecule is CC(SCCC(=O)NC(N)=O)c1cccc(F)c1. The van der Waals surface area contributed by atoms with Gasteiger partial charge in [0, 0.05) is 17.4 Å². The highest BCUT2D eigenvalue weighted by molar-refractivity contribution is 7.99. The molecule has 1 rings (SSSR count). The van der Waals surface area contributed by atoms with Crippen molar-refractivity contribution in [2.45, 2.75) is 18.6 Å². The van der Waals surface area contributed by atoms with E-state index in [1.54, 1.807) is 6.07 Å². The number of halogens is 1. The lowest BCUT2D eigenvalue weighted by atomic mass is 10.2. The van der Waals surface area contributed by atoms with Crippen LogP contribution in [0.1, 0.15) is 24.2 Å². The van der Waals surface area contributed by atoms with Gasteiger partial charge in [0.25, 0.3) is 0 Å². The molecule has 1 aromatic rings. The van der Waals surface area contributed by atoms with Crippen LogP contribution in [0, 0.1) is 5.82 Å². The van der Waals surface area contributed by atoms with Gasteiger partial charge in [-0.05, 0) is 24.6 Å². The Bertz CT molecular complexity index is 440. The molecular weight excluding hydrogens is 255 g/mol. The monoisotopic (exact) mass is 270 g/mol. The predicted octanol–water partition coefficient (Wildman–Crippen LogP) is 2.20. The largest absolute Gasteiger partial charge is 0.351 e. The fraction of sp³-hybridized carbons (Fsp3) is 0.333. The van der Waals surface area contributed by atoms with Crippen LogP contribution in [0.4, 0.5) is 9.18 Å². The maximum Gasteiger partial charge on any atom is 0.318 e. The minimum atomic E-state index is -0.844. The van der Waals surface area contributed by atoms with Crippen molar-refractivity contribution >= 4 is 23.7 Å². The topological polar surface area (TPSA) is 72.2 Å². The van der Waals surface area contributed by atoms with E-state index < -0.39 is 11.9 Å². The summed E-state index contributed by atoms with van der Waals surface area (Å²) in [5, 5.41) is 2.08. The second-order valence-electron chi connectivity index (χ2n) is 3.73. The Labute approximate surface area is 109 Å². The van der Waals surface area contributed by atoms with Gasteiger partial charge >= 0.3 is 6.03 Å². The fourth-order valence-corrected chi connectivity index (χ4v) is 2.38.